The van der Waals surface area contributed by atoms with Crippen molar-refractivity contribution in [1.29, 1.82) is 0 Å². The number of benzene rings is 2. The lowest BCUT2D eigenvalue weighted by Gasteiger charge is -2.26. The topological polar surface area (TPSA) is 55.6 Å². The molecule has 1 aromatic heterocycles. The van der Waals surface area contributed by atoms with E-state index in [-0.39, 0.29) is 17.8 Å². The third-order valence-corrected chi connectivity index (χ3v) is 5.59. The Morgan fingerprint density at radius 3 is 3.03 bits per heavy atom. The highest BCUT2D eigenvalue weighted by atomic mass is 19.1. The van der Waals surface area contributed by atoms with Crippen LogP contribution in [0.5, 0.6) is 5.75 Å². The van der Waals surface area contributed by atoms with Gasteiger partial charge in [0.05, 0.1) is 13.0 Å². The zero-order valence-corrected chi connectivity index (χ0v) is 16.2. The molecule has 0 spiro atoms. The van der Waals surface area contributed by atoms with Gasteiger partial charge >= 0.3 is 0 Å². The summed E-state index contributed by atoms with van der Waals surface area (Å²) in [6.07, 6.45) is 2.02. The van der Waals surface area contributed by atoms with Crippen LogP contribution in [0.3, 0.4) is 0 Å². The number of aromatic nitrogens is 1. The predicted octanol–water partition coefficient (Wildman–Crippen LogP) is 3.93. The summed E-state index contributed by atoms with van der Waals surface area (Å²) in [7, 11) is 0. The summed E-state index contributed by atoms with van der Waals surface area (Å²) in [5.41, 5.74) is 4.30. The molecular weight excluding hydrogens is 371 g/mol. The van der Waals surface area contributed by atoms with E-state index < -0.39 is 0 Å². The van der Waals surface area contributed by atoms with E-state index in [4.69, 9.17) is 9.26 Å². The average Bonchev–Trinajstić information content (AvgIpc) is 3.29. The van der Waals surface area contributed by atoms with Gasteiger partial charge in [-0.1, -0.05) is 29.4 Å². The minimum absolute atomic E-state index is 0.0638. The number of hydrogen-bond donors (Lipinski definition) is 0. The molecule has 5 nitrogen and oxygen atoms in total. The van der Waals surface area contributed by atoms with Crippen LogP contribution in [0.1, 0.15) is 29.4 Å². The Morgan fingerprint density at radius 1 is 1.28 bits per heavy atom. The largest absolute Gasteiger partial charge is 0.490 e. The second kappa shape index (κ2) is 7.03. The van der Waals surface area contributed by atoms with Gasteiger partial charge in [0.25, 0.3) is 0 Å². The minimum Gasteiger partial charge on any atom is -0.490 e. The van der Waals surface area contributed by atoms with Gasteiger partial charge in [-0.3, -0.25) is 4.79 Å². The Bertz CT molecular complexity index is 1090. The maximum absolute atomic E-state index is 13.6. The highest BCUT2D eigenvalue weighted by Gasteiger charge is 2.28. The molecule has 0 fully saturated rings. The normalized spacial score (nSPS) is 17.6. The maximum Gasteiger partial charge on any atom is 0.227 e. The van der Waals surface area contributed by atoms with Gasteiger partial charge in [0.15, 0.2) is 0 Å². The van der Waals surface area contributed by atoms with Crippen molar-refractivity contribution in [3.8, 4) is 17.0 Å². The monoisotopic (exact) mass is 392 g/mol. The molecule has 148 valence electrons. The molecule has 0 saturated heterocycles. The van der Waals surface area contributed by atoms with Crippen LogP contribution in [0.2, 0.25) is 0 Å². The smallest absolute Gasteiger partial charge is 0.227 e. The molecule has 6 heteroatoms. The molecule has 1 amide bonds. The summed E-state index contributed by atoms with van der Waals surface area (Å²) in [5, 5.41) is 4.14. The Kier molecular flexibility index (Phi) is 4.34. The van der Waals surface area contributed by atoms with Crippen molar-refractivity contribution in [3.63, 3.8) is 0 Å². The van der Waals surface area contributed by atoms with Crippen molar-refractivity contribution in [2.45, 2.75) is 38.8 Å². The number of halogens is 1. The van der Waals surface area contributed by atoms with Crippen molar-refractivity contribution in [1.82, 2.24) is 10.1 Å². The number of amides is 1. The van der Waals surface area contributed by atoms with Gasteiger partial charge in [0, 0.05) is 30.5 Å². The Balaban J connectivity index is 1.34. The number of fused-ring (bicyclic) bond motifs is 2. The molecule has 1 unspecified atom stereocenters. The molecule has 0 radical (unpaired) electrons. The Labute approximate surface area is 168 Å². The van der Waals surface area contributed by atoms with Crippen LogP contribution in [0.15, 0.2) is 47.0 Å². The lowest BCUT2D eigenvalue weighted by Crippen LogP contribution is -2.36. The summed E-state index contributed by atoms with van der Waals surface area (Å²) >= 11 is 0. The lowest BCUT2D eigenvalue weighted by atomic mass is 10.00. The summed E-state index contributed by atoms with van der Waals surface area (Å²) in [6, 6.07) is 12.3. The van der Waals surface area contributed by atoms with Crippen LogP contribution < -0.4 is 4.74 Å². The van der Waals surface area contributed by atoms with Crippen molar-refractivity contribution >= 4 is 5.91 Å². The van der Waals surface area contributed by atoms with Gasteiger partial charge in [0.2, 0.25) is 5.91 Å². The molecule has 3 heterocycles. The van der Waals surface area contributed by atoms with Crippen LogP contribution >= 0.6 is 0 Å². The number of carbonyl (C=O) groups is 1. The first-order valence-corrected chi connectivity index (χ1v) is 9.86. The first-order chi connectivity index (χ1) is 14.1. The molecule has 2 aliphatic rings. The molecule has 2 aliphatic heterocycles. The molecule has 1 atom stereocenters. The molecular formula is C23H21FN2O3. The van der Waals surface area contributed by atoms with Crippen LogP contribution in [-0.2, 0) is 30.6 Å². The third-order valence-electron chi connectivity index (χ3n) is 5.59. The Hall–Kier alpha value is -3.15. The van der Waals surface area contributed by atoms with E-state index in [1.54, 1.807) is 12.1 Å². The van der Waals surface area contributed by atoms with Crippen LogP contribution in [0, 0.1) is 5.82 Å². The molecule has 3 aromatic rings. The fourth-order valence-corrected chi connectivity index (χ4v) is 4.16. The fourth-order valence-electron chi connectivity index (χ4n) is 4.16. The van der Waals surface area contributed by atoms with Crippen molar-refractivity contribution < 1.29 is 18.4 Å². The minimum atomic E-state index is -0.321. The maximum atomic E-state index is 13.6. The SMILES string of the molecule is CC1Cc2cc(CC(=O)N3CCc4onc(-c5cccc(F)c5)c4C3)ccc2O1. The summed E-state index contributed by atoms with van der Waals surface area (Å²) in [5.74, 6) is 1.43. The molecule has 0 saturated carbocycles. The van der Waals surface area contributed by atoms with E-state index in [1.165, 1.54) is 12.1 Å². The van der Waals surface area contributed by atoms with Gasteiger partial charge in [-0.05, 0) is 36.2 Å². The number of ether oxygens (including phenoxy) is 1. The zero-order valence-electron chi connectivity index (χ0n) is 16.2. The first kappa shape index (κ1) is 17.9. The van der Waals surface area contributed by atoms with E-state index in [9.17, 15) is 9.18 Å². The highest BCUT2D eigenvalue weighted by molar-refractivity contribution is 5.79. The van der Waals surface area contributed by atoms with Gasteiger partial charge in [0.1, 0.15) is 29.1 Å². The highest BCUT2D eigenvalue weighted by Crippen LogP contribution is 2.32. The van der Waals surface area contributed by atoms with E-state index in [2.05, 4.69) is 11.2 Å². The Morgan fingerprint density at radius 2 is 2.17 bits per heavy atom. The molecule has 0 N–H and O–H groups in total. The van der Waals surface area contributed by atoms with Crippen molar-refractivity contribution in [2.75, 3.05) is 6.54 Å². The van der Waals surface area contributed by atoms with Gasteiger partial charge < -0.3 is 14.2 Å². The lowest BCUT2D eigenvalue weighted by molar-refractivity contribution is -0.131. The summed E-state index contributed by atoms with van der Waals surface area (Å²) in [6.45, 7) is 3.06. The first-order valence-electron chi connectivity index (χ1n) is 9.86. The molecule has 29 heavy (non-hydrogen) atoms. The standard InChI is InChI=1S/C23H21FN2O3/c1-14-9-17-10-15(5-6-20(17)28-14)11-22(27)26-8-7-21-19(13-26)23(25-29-21)16-3-2-4-18(24)12-16/h2-6,10,12,14H,7-9,11,13H2,1H3. The quantitative estimate of drug-likeness (QED) is 0.678. The van der Waals surface area contributed by atoms with Crippen LogP contribution in [0.25, 0.3) is 11.3 Å². The van der Waals surface area contributed by atoms with Crippen molar-refractivity contribution in [2.24, 2.45) is 0 Å². The molecule has 5 rings (SSSR count). The number of nitrogens with zero attached hydrogens (tertiary/aromatic N) is 2. The number of carbonyl (C=O) groups excluding carboxylic acids is 1. The van der Waals surface area contributed by atoms with E-state index in [0.29, 0.717) is 37.2 Å². The summed E-state index contributed by atoms with van der Waals surface area (Å²) < 4.78 is 24.8. The van der Waals surface area contributed by atoms with Crippen molar-refractivity contribution in [3.05, 3.63) is 70.7 Å². The van der Waals surface area contributed by atoms with Crippen LogP contribution in [0.4, 0.5) is 4.39 Å². The van der Waals surface area contributed by atoms with E-state index in [0.717, 1.165) is 34.6 Å². The second-order valence-electron chi connectivity index (χ2n) is 7.76. The van der Waals surface area contributed by atoms with E-state index >= 15 is 0 Å². The zero-order chi connectivity index (χ0) is 20.0. The van der Waals surface area contributed by atoms with Gasteiger partial charge in [-0.15, -0.1) is 0 Å². The molecule has 0 aliphatic carbocycles. The third kappa shape index (κ3) is 3.39. The second-order valence-corrected chi connectivity index (χ2v) is 7.76. The van der Waals surface area contributed by atoms with Crippen LogP contribution in [-0.4, -0.2) is 28.6 Å². The summed E-state index contributed by atoms with van der Waals surface area (Å²) in [4.78, 5) is 14.8. The van der Waals surface area contributed by atoms with Gasteiger partial charge in [-0.2, -0.15) is 0 Å². The fraction of sp³-hybridized carbons (Fsp3) is 0.304. The van der Waals surface area contributed by atoms with Gasteiger partial charge in [-0.25, -0.2) is 4.39 Å². The molecule has 0 bridgehead atoms. The number of rotatable bonds is 3. The van der Waals surface area contributed by atoms with E-state index in [1.807, 2.05) is 24.0 Å². The number of hydrogen-bond acceptors (Lipinski definition) is 4. The molecule has 2 aromatic carbocycles. The predicted molar refractivity (Wildman–Crippen MR) is 105 cm³/mol. The average molecular weight is 392 g/mol.